The maximum absolute atomic E-state index is 12.1. The first-order valence-electron chi connectivity index (χ1n) is 8.05. The van der Waals surface area contributed by atoms with Crippen molar-refractivity contribution in [2.45, 2.75) is 44.3 Å². The van der Waals surface area contributed by atoms with Crippen LogP contribution in [-0.4, -0.2) is 46.6 Å². The number of piperidine rings is 1. The zero-order chi connectivity index (χ0) is 16.9. The van der Waals surface area contributed by atoms with Gasteiger partial charge in [-0.2, -0.15) is 0 Å². The largest absolute Gasteiger partial charge is 0.479 e. The number of nitrogens with zero attached hydrogens (tertiary/aromatic N) is 1. The molecule has 1 aromatic carbocycles. The third-order valence-corrected chi connectivity index (χ3v) is 4.52. The number of carboxylic acids is 1. The van der Waals surface area contributed by atoms with Gasteiger partial charge in [0.15, 0.2) is 5.54 Å². The molecule has 0 bridgehead atoms. The Morgan fingerprint density at radius 3 is 2.43 bits per heavy atom. The number of hydrogen-bond donors (Lipinski definition) is 3. The summed E-state index contributed by atoms with van der Waals surface area (Å²) in [5.41, 5.74) is 5.15. The molecule has 1 aliphatic rings. The zero-order valence-electron chi connectivity index (χ0n) is 13.5. The van der Waals surface area contributed by atoms with Crippen LogP contribution < -0.4 is 11.1 Å². The van der Waals surface area contributed by atoms with Gasteiger partial charge in [0, 0.05) is 25.7 Å². The van der Waals surface area contributed by atoms with Crippen molar-refractivity contribution in [1.29, 1.82) is 0 Å². The van der Waals surface area contributed by atoms with Crippen LogP contribution in [0.25, 0.3) is 0 Å². The van der Waals surface area contributed by atoms with Crippen molar-refractivity contribution in [3.05, 3.63) is 35.9 Å². The minimum atomic E-state index is -1.83. The molecule has 126 valence electrons. The lowest BCUT2D eigenvalue weighted by Crippen LogP contribution is -2.61. The first-order valence-corrected chi connectivity index (χ1v) is 8.05. The van der Waals surface area contributed by atoms with E-state index in [1.165, 1.54) is 5.56 Å². The van der Waals surface area contributed by atoms with Crippen molar-refractivity contribution in [2.75, 3.05) is 13.1 Å². The highest BCUT2D eigenvalue weighted by Crippen LogP contribution is 2.15. The number of nitrogens with one attached hydrogen (secondary N) is 1. The van der Waals surface area contributed by atoms with Gasteiger partial charge in [-0.1, -0.05) is 37.3 Å². The third-order valence-electron chi connectivity index (χ3n) is 4.52. The molecule has 1 saturated heterocycles. The van der Waals surface area contributed by atoms with E-state index >= 15 is 0 Å². The number of carbonyl (C=O) groups excluding carboxylic acids is 1. The fourth-order valence-corrected chi connectivity index (χ4v) is 2.80. The standard InChI is InChI=1S/C17H25N3O3/c1-2-17(18,16(22)23)15(21)19-14-8-10-20(11-9-14)12-13-6-4-3-5-7-13/h3-7,14H,2,8-12,18H2,1H3,(H,19,21)(H,22,23). The Hall–Kier alpha value is -1.92. The lowest BCUT2D eigenvalue weighted by molar-refractivity contribution is -0.149. The van der Waals surface area contributed by atoms with Gasteiger partial charge in [0.05, 0.1) is 0 Å². The predicted octanol–water partition coefficient (Wildman–Crippen LogP) is 0.959. The highest BCUT2D eigenvalue weighted by Gasteiger charge is 2.41. The Kier molecular flexibility index (Phi) is 5.74. The van der Waals surface area contributed by atoms with E-state index in [4.69, 9.17) is 10.8 Å². The lowest BCUT2D eigenvalue weighted by atomic mass is 9.95. The Labute approximate surface area is 136 Å². The molecule has 0 radical (unpaired) electrons. The first kappa shape index (κ1) is 17.4. The Morgan fingerprint density at radius 2 is 1.91 bits per heavy atom. The molecule has 4 N–H and O–H groups in total. The van der Waals surface area contributed by atoms with Gasteiger partial charge in [-0.3, -0.25) is 9.69 Å². The minimum absolute atomic E-state index is 0.0108. The smallest absolute Gasteiger partial charge is 0.333 e. The van der Waals surface area contributed by atoms with Gasteiger partial charge in [0.1, 0.15) is 0 Å². The molecule has 0 spiro atoms. The monoisotopic (exact) mass is 319 g/mol. The molecule has 0 saturated carbocycles. The molecule has 1 heterocycles. The molecule has 1 fully saturated rings. The zero-order valence-corrected chi connectivity index (χ0v) is 13.5. The predicted molar refractivity (Wildman–Crippen MR) is 87.7 cm³/mol. The second-order valence-electron chi connectivity index (χ2n) is 6.14. The van der Waals surface area contributed by atoms with Gasteiger partial charge in [-0.15, -0.1) is 0 Å². The molecule has 1 amide bonds. The summed E-state index contributed by atoms with van der Waals surface area (Å²) in [5.74, 6) is -1.87. The van der Waals surface area contributed by atoms with Crippen LogP contribution in [0.15, 0.2) is 30.3 Å². The van der Waals surface area contributed by atoms with Gasteiger partial charge in [0.25, 0.3) is 5.91 Å². The molecular weight excluding hydrogens is 294 g/mol. The molecule has 1 atom stereocenters. The van der Waals surface area contributed by atoms with Crippen LogP contribution in [0.3, 0.4) is 0 Å². The molecule has 0 aliphatic carbocycles. The van der Waals surface area contributed by atoms with Gasteiger partial charge in [-0.05, 0) is 24.8 Å². The third kappa shape index (κ3) is 4.30. The van der Waals surface area contributed by atoms with Gasteiger partial charge in [-0.25, -0.2) is 4.79 Å². The maximum Gasteiger partial charge on any atom is 0.333 e. The molecular formula is C17H25N3O3. The van der Waals surface area contributed by atoms with Crippen molar-refractivity contribution >= 4 is 11.9 Å². The van der Waals surface area contributed by atoms with Crippen molar-refractivity contribution < 1.29 is 14.7 Å². The second-order valence-corrected chi connectivity index (χ2v) is 6.14. The molecule has 1 aliphatic heterocycles. The van der Waals surface area contributed by atoms with E-state index in [1.807, 2.05) is 18.2 Å². The fraction of sp³-hybridized carbons (Fsp3) is 0.529. The Morgan fingerprint density at radius 1 is 1.30 bits per heavy atom. The van der Waals surface area contributed by atoms with Crippen molar-refractivity contribution in [2.24, 2.45) is 5.73 Å². The average molecular weight is 319 g/mol. The van der Waals surface area contributed by atoms with Crippen LogP contribution in [-0.2, 0) is 16.1 Å². The summed E-state index contributed by atoms with van der Waals surface area (Å²) in [6.07, 6.45) is 1.68. The van der Waals surface area contributed by atoms with Crippen LogP contribution >= 0.6 is 0 Å². The second kappa shape index (κ2) is 7.57. The topological polar surface area (TPSA) is 95.7 Å². The number of benzene rings is 1. The summed E-state index contributed by atoms with van der Waals surface area (Å²) in [7, 11) is 0. The van der Waals surface area contributed by atoms with Crippen molar-refractivity contribution in [3.8, 4) is 0 Å². The minimum Gasteiger partial charge on any atom is -0.479 e. The molecule has 23 heavy (non-hydrogen) atoms. The summed E-state index contributed by atoms with van der Waals surface area (Å²) in [5, 5.41) is 11.9. The Bertz CT molecular complexity index is 541. The average Bonchev–Trinajstić information content (AvgIpc) is 2.56. The van der Waals surface area contributed by atoms with Gasteiger partial charge in [0.2, 0.25) is 0 Å². The highest BCUT2D eigenvalue weighted by molar-refractivity contribution is 6.06. The molecule has 0 aromatic heterocycles. The summed E-state index contributed by atoms with van der Waals surface area (Å²) in [6.45, 7) is 4.25. The number of rotatable bonds is 6. The molecule has 1 aromatic rings. The first-order chi connectivity index (χ1) is 11.0. The van der Waals surface area contributed by atoms with E-state index in [1.54, 1.807) is 6.92 Å². The highest BCUT2D eigenvalue weighted by atomic mass is 16.4. The number of aliphatic carboxylic acids is 1. The SMILES string of the molecule is CCC(N)(C(=O)O)C(=O)NC1CCN(Cc2ccccc2)CC1. The summed E-state index contributed by atoms with van der Waals surface area (Å²) >= 11 is 0. The maximum atomic E-state index is 12.1. The van der Waals surface area contributed by atoms with Crippen LogP contribution in [0, 0.1) is 0 Å². The van der Waals surface area contributed by atoms with Crippen LogP contribution in [0.1, 0.15) is 31.7 Å². The number of carboxylic acid groups (broad SMARTS) is 1. The van der Waals surface area contributed by atoms with E-state index in [0.717, 1.165) is 32.5 Å². The van der Waals surface area contributed by atoms with Crippen molar-refractivity contribution in [1.82, 2.24) is 10.2 Å². The molecule has 2 rings (SSSR count). The van der Waals surface area contributed by atoms with Crippen LogP contribution in [0.5, 0.6) is 0 Å². The number of carbonyl (C=O) groups is 2. The van der Waals surface area contributed by atoms with E-state index in [0.29, 0.717) is 0 Å². The normalized spacial score (nSPS) is 19.0. The molecule has 6 nitrogen and oxygen atoms in total. The Balaban J connectivity index is 1.83. The summed E-state index contributed by atoms with van der Waals surface area (Å²) < 4.78 is 0. The van der Waals surface area contributed by atoms with Crippen molar-refractivity contribution in [3.63, 3.8) is 0 Å². The fourth-order valence-electron chi connectivity index (χ4n) is 2.80. The van der Waals surface area contributed by atoms with Crippen LogP contribution in [0.2, 0.25) is 0 Å². The quantitative estimate of drug-likeness (QED) is 0.679. The van der Waals surface area contributed by atoms with E-state index < -0.39 is 17.4 Å². The van der Waals surface area contributed by atoms with E-state index in [9.17, 15) is 9.59 Å². The number of likely N-dealkylation sites (tertiary alicyclic amines) is 1. The van der Waals surface area contributed by atoms with E-state index in [-0.39, 0.29) is 12.5 Å². The van der Waals surface area contributed by atoms with E-state index in [2.05, 4.69) is 22.3 Å². The molecule has 1 unspecified atom stereocenters. The van der Waals surface area contributed by atoms with Gasteiger partial charge < -0.3 is 16.2 Å². The summed E-state index contributed by atoms with van der Waals surface area (Å²) in [6, 6.07) is 10.2. The number of amides is 1. The van der Waals surface area contributed by atoms with Gasteiger partial charge >= 0.3 is 5.97 Å². The number of hydrogen-bond acceptors (Lipinski definition) is 4. The summed E-state index contributed by atoms with van der Waals surface area (Å²) in [4.78, 5) is 25.7. The number of nitrogens with two attached hydrogens (primary N) is 1. The molecule has 6 heteroatoms. The lowest BCUT2D eigenvalue weighted by Gasteiger charge is -2.34. The van der Waals surface area contributed by atoms with Crippen LogP contribution in [0.4, 0.5) is 0 Å².